The minimum Gasteiger partial charge on any atom is -0.496 e. The van der Waals surface area contributed by atoms with Crippen molar-refractivity contribution in [3.05, 3.63) is 48.5 Å². The van der Waals surface area contributed by atoms with E-state index in [1.165, 1.54) is 16.0 Å². The Bertz CT molecular complexity index is 578. The van der Waals surface area contributed by atoms with Crippen LogP contribution in [0.2, 0.25) is 0 Å². The molecule has 0 aliphatic heterocycles. The topological polar surface area (TPSA) is 21.3 Å². The first-order valence-electron chi connectivity index (χ1n) is 6.39. The molecular formula is C15H17Br2NOS. The molecule has 0 bridgehead atoms. The number of ether oxygens (including phenoxy) is 1. The summed E-state index contributed by atoms with van der Waals surface area (Å²) in [5, 5.41) is 3.55. The molecule has 20 heavy (non-hydrogen) atoms. The van der Waals surface area contributed by atoms with E-state index >= 15 is 0 Å². The fraction of sp³-hybridized carbons (Fsp3) is 0.333. The zero-order valence-electron chi connectivity index (χ0n) is 11.7. The van der Waals surface area contributed by atoms with Crippen molar-refractivity contribution in [2.45, 2.75) is 19.9 Å². The van der Waals surface area contributed by atoms with Crippen molar-refractivity contribution in [1.29, 1.82) is 0 Å². The molecule has 0 radical (unpaired) electrons. The standard InChI is InChI=1S/C15H17Br2NOS/c1-4-18-14(13-8-11(16)15(17)20-13)10-7-9(2)5-6-12(10)19-3/h5-8,14,18H,4H2,1-3H3. The molecule has 0 saturated carbocycles. The molecule has 0 aliphatic carbocycles. The van der Waals surface area contributed by atoms with E-state index in [-0.39, 0.29) is 6.04 Å². The fourth-order valence-electron chi connectivity index (χ4n) is 2.15. The summed E-state index contributed by atoms with van der Waals surface area (Å²) < 4.78 is 7.73. The van der Waals surface area contributed by atoms with Gasteiger partial charge < -0.3 is 10.1 Å². The number of hydrogen-bond donors (Lipinski definition) is 1. The number of nitrogens with one attached hydrogen (secondary N) is 1. The lowest BCUT2D eigenvalue weighted by Crippen LogP contribution is -2.21. The van der Waals surface area contributed by atoms with Crippen molar-refractivity contribution in [3.8, 4) is 5.75 Å². The van der Waals surface area contributed by atoms with Crippen molar-refractivity contribution >= 4 is 43.2 Å². The smallest absolute Gasteiger partial charge is 0.124 e. The van der Waals surface area contributed by atoms with Crippen LogP contribution >= 0.6 is 43.2 Å². The maximum atomic E-state index is 5.53. The minimum atomic E-state index is 0.141. The molecule has 1 aromatic heterocycles. The van der Waals surface area contributed by atoms with Crippen molar-refractivity contribution < 1.29 is 4.74 Å². The van der Waals surface area contributed by atoms with Crippen LogP contribution in [0, 0.1) is 6.92 Å². The summed E-state index contributed by atoms with van der Waals surface area (Å²) in [4.78, 5) is 1.26. The molecule has 0 saturated heterocycles. The van der Waals surface area contributed by atoms with E-state index in [9.17, 15) is 0 Å². The molecule has 108 valence electrons. The molecule has 0 fully saturated rings. The van der Waals surface area contributed by atoms with Crippen molar-refractivity contribution in [2.75, 3.05) is 13.7 Å². The average Bonchev–Trinajstić information content (AvgIpc) is 2.75. The SMILES string of the molecule is CCNC(c1cc(Br)c(Br)s1)c1cc(C)ccc1OC. The number of halogens is 2. The molecule has 0 spiro atoms. The van der Waals surface area contributed by atoms with Gasteiger partial charge in [-0.15, -0.1) is 11.3 Å². The summed E-state index contributed by atoms with van der Waals surface area (Å²) in [6, 6.07) is 8.60. The molecule has 1 heterocycles. The van der Waals surface area contributed by atoms with E-state index in [2.05, 4.69) is 69.2 Å². The van der Waals surface area contributed by atoms with Crippen LogP contribution in [0.1, 0.15) is 29.0 Å². The van der Waals surface area contributed by atoms with E-state index in [0.29, 0.717) is 0 Å². The van der Waals surface area contributed by atoms with Crippen molar-refractivity contribution in [1.82, 2.24) is 5.32 Å². The third-order valence-electron chi connectivity index (χ3n) is 3.05. The second kappa shape index (κ2) is 7.07. The van der Waals surface area contributed by atoms with Gasteiger partial charge in [0.25, 0.3) is 0 Å². The van der Waals surface area contributed by atoms with Gasteiger partial charge in [-0.1, -0.05) is 24.6 Å². The van der Waals surface area contributed by atoms with Crippen LogP contribution in [0.4, 0.5) is 0 Å². The van der Waals surface area contributed by atoms with Gasteiger partial charge in [0.05, 0.1) is 16.9 Å². The molecule has 1 atom stereocenters. The number of thiophene rings is 1. The largest absolute Gasteiger partial charge is 0.496 e. The highest BCUT2D eigenvalue weighted by Crippen LogP contribution is 2.39. The van der Waals surface area contributed by atoms with Crippen molar-refractivity contribution in [2.24, 2.45) is 0 Å². The Hall–Kier alpha value is -0.360. The van der Waals surface area contributed by atoms with Gasteiger partial charge in [0.15, 0.2) is 0 Å². The maximum absolute atomic E-state index is 5.53. The van der Waals surface area contributed by atoms with Gasteiger partial charge in [0, 0.05) is 14.9 Å². The lowest BCUT2D eigenvalue weighted by atomic mass is 10.0. The van der Waals surface area contributed by atoms with E-state index in [1.807, 2.05) is 6.07 Å². The molecule has 0 aliphatic rings. The molecule has 2 nitrogen and oxygen atoms in total. The van der Waals surface area contributed by atoms with E-state index < -0.39 is 0 Å². The van der Waals surface area contributed by atoms with Crippen LogP contribution in [0.15, 0.2) is 32.5 Å². The molecule has 2 rings (SSSR count). The first-order chi connectivity index (χ1) is 9.56. The van der Waals surface area contributed by atoms with Crippen LogP contribution in [0.3, 0.4) is 0 Å². The van der Waals surface area contributed by atoms with Gasteiger partial charge in [-0.25, -0.2) is 0 Å². The minimum absolute atomic E-state index is 0.141. The van der Waals surface area contributed by atoms with Gasteiger partial charge in [0.1, 0.15) is 5.75 Å². The van der Waals surface area contributed by atoms with Crippen LogP contribution < -0.4 is 10.1 Å². The maximum Gasteiger partial charge on any atom is 0.124 e. The van der Waals surface area contributed by atoms with Gasteiger partial charge >= 0.3 is 0 Å². The van der Waals surface area contributed by atoms with Crippen molar-refractivity contribution in [3.63, 3.8) is 0 Å². The quantitative estimate of drug-likeness (QED) is 0.712. The molecule has 0 amide bonds. The number of rotatable bonds is 5. The normalized spacial score (nSPS) is 12.4. The van der Waals surface area contributed by atoms with Gasteiger partial charge in [0.2, 0.25) is 0 Å². The monoisotopic (exact) mass is 417 g/mol. The highest BCUT2D eigenvalue weighted by atomic mass is 79.9. The Kier molecular flexibility index (Phi) is 5.66. The highest BCUT2D eigenvalue weighted by molar-refractivity contribution is 9.13. The summed E-state index contributed by atoms with van der Waals surface area (Å²) >= 11 is 8.87. The van der Waals surface area contributed by atoms with Crippen LogP contribution in [-0.4, -0.2) is 13.7 Å². The van der Waals surface area contributed by atoms with Crippen LogP contribution in [-0.2, 0) is 0 Å². The number of hydrogen-bond acceptors (Lipinski definition) is 3. The number of methoxy groups -OCH3 is 1. The summed E-state index contributed by atoms with van der Waals surface area (Å²) in [5.74, 6) is 0.919. The first-order valence-corrected chi connectivity index (χ1v) is 8.79. The van der Waals surface area contributed by atoms with Gasteiger partial charge in [-0.3, -0.25) is 0 Å². The molecular weight excluding hydrogens is 402 g/mol. The molecule has 1 aromatic carbocycles. The van der Waals surface area contributed by atoms with E-state index in [0.717, 1.165) is 20.6 Å². The summed E-state index contributed by atoms with van der Waals surface area (Å²) in [7, 11) is 1.72. The number of aryl methyl sites for hydroxylation is 1. The number of benzene rings is 1. The zero-order valence-corrected chi connectivity index (χ0v) is 15.7. The Morgan fingerprint density at radius 3 is 2.60 bits per heavy atom. The second-order valence-electron chi connectivity index (χ2n) is 4.51. The zero-order chi connectivity index (χ0) is 14.7. The highest BCUT2D eigenvalue weighted by Gasteiger charge is 2.20. The van der Waals surface area contributed by atoms with Gasteiger partial charge in [-0.05, 0) is 57.5 Å². The summed E-state index contributed by atoms with van der Waals surface area (Å²) in [6.07, 6.45) is 0. The average molecular weight is 419 g/mol. The second-order valence-corrected chi connectivity index (χ2v) is 7.76. The van der Waals surface area contributed by atoms with Crippen LogP contribution in [0.25, 0.3) is 0 Å². The van der Waals surface area contributed by atoms with Crippen LogP contribution in [0.5, 0.6) is 5.75 Å². The molecule has 1 N–H and O–H groups in total. The third kappa shape index (κ3) is 3.45. The Morgan fingerprint density at radius 2 is 2.05 bits per heavy atom. The van der Waals surface area contributed by atoms with E-state index in [1.54, 1.807) is 18.4 Å². The molecule has 5 heteroatoms. The Balaban J connectivity index is 2.50. The lowest BCUT2D eigenvalue weighted by molar-refractivity contribution is 0.404. The molecule has 2 aromatic rings. The van der Waals surface area contributed by atoms with Gasteiger partial charge in [-0.2, -0.15) is 0 Å². The third-order valence-corrected chi connectivity index (χ3v) is 6.37. The Morgan fingerprint density at radius 1 is 1.30 bits per heavy atom. The fourth-order valence-corrected chi connectivity index (χ4v) is 4.34. The summed E-state index contributed by atoms with van der Waals surface area (Å²) in [5.41, 5.74) is 2.41. The Labute approximate surface area is 140 Å². The summed E-state index contributed by atoms with van der Waals surface area (Å²) in [6.45, 7) is 5.12. The molecule has 1 unspecified atom stereocenters. The predicted molar refractivity (Wildman–Crippen MR) is 93.0 cm³/mol. The predicted octanol–water partition coefficient (Wildman–Crippen LogP) is 5.29. The lowest BCUT2D eigenvalue weighted by Gasteiger charge is -2.20. The first kappa shape index (κ1) is 16.0. The van der Waals surface area contributed by atoms with E-state index in [4.69, 9.17) is 4.74 Å².